The zero-order valence-corrected chi connectivity index (χ0v) is 12.3. The molecule has 2 aromatic carbocycles. The van der Waals surface area contributed by atoms with E-state index >= 15 is 0 Å². The number of alkyl halides is 3. The second kappa shape index (κ2) is 5.87. The van der Waals surface area contributed by atoms with Crippen LogP contribution in [0, 0.1) is 6.92 Å². The molecule has 20 heavy (non-hydrogen) atoms. The van der Waals surface area contributed by atoms with Gasteiger partial charge >= 0.3 is 6.18 Å². The lowest BCUT2D eigenvalue weighted by Gasteiger charge is -2.11. The maximum Gasteiger partial charge on any atom is 0.416 e. The molecule has 0 aliphatic carbocycles. The number of halogens is 4. The summed E-state index contributed by atoms with van der Waals surface area (Å²) in [6, 6.07) is 11.1. The highest BCUT2D eigenvalue weighted by Gasteiger charge is 2.30. The first-order valence-electron chi connectivity index (χ1n) is 6.02. The third-order valence-electron chi connectivity index (χ3n) is 2.79. The highest BCUT2D eigenvalue weighted by atomic mass is 79.9. The Balaban J connectivity index is 2.11. The Morgan fingerprint density at radius 2 is 1.85 bits per heavy atom. The standard InChI is InChI=1S/C15H13BrF3N/c1-10-5-13(16)8-14(6-10)20-9-11-3-2-4-12(7-11)15(17,18)19/h2-8,20H,9H2,1H3. The van der Waals surface area contributed by atoms with Crippen molar-refractivity contribution in [3.63, 3.8) is 0 Å². The molecular formula is C15H13BrF3N. The van der Waals surface area contributed by atoms with Gasteiger partial charge in [-0.05, 0) is 48.4 Å². The van der Waals surface area contributed by atoms with Gasteiger partial charge in [0.25, 0.3) is 0 Å². The molecule has 106 valence electrons. The van der Waals surface area contributed by atoms with E-state index in [9.17, 15) is 13.2 Å². The largest absolute Gasteiger partial charge is 0.416 e. The third-order valence-corrected chi connectivity index (χ3v) is 3.25. The van der Waals surface area contributed by atoms with Gasteiger partial charge in [-0.2, -0.15) is 13.2 Å². The number of benzene rings is 2. The number of hydrogen-bond acceptors (Lipinski definition) is 1. The Kier molecular flexibility index (Phi) is 4.38. The fraction of sp³-hybridized carbons (Fsp3) is 0.200. The number of anilines is 1. The first-order chi connectivity index (χ1) is 9.34. The Morgan fingerprint density at radius 1 is 1.10 bits per heavy atom. The van der Waals surface area contributed by atoms with Gasteiger partial charge in [-0.1, -0.05) is 28.1 Å². The van der Waals surface area contributed by atoms with Crippen LogP contribution in [0.15, 0.2) is 46.9 Å². The van der Waals surface area contributed by atoms with E-state index in [1.165, 1.54) is 6.07 Å². The van der Waals surface area contributed by atoms with Crippen LogP contribution in [0.1, 0.15) is 16.7 Å². The van der Waals surface area contributed by atoms with Crippen molar-refractivity contribution in [3.05, 3.63) is 63.6 Å². The van der Waals surface area contributed by atoms with Crippen molar-refractivity contribution in [2.75, 3.05) is 5.32 Å². The Bertz CT molecular complexity index is 588. The maximum absolute atomic E-state index is 12.6. The van der Waals surface area contributed by atoms with E-state index in [0.717, 1.165) is 27.9 Å². The summed E-state index contributed by atoms with van der Waals surface area (Å²) < 4.78 is 38.8. The van der Waals surface area contributed by atoms with Crippen LogP contribution >= 0.6 is 15.9 Å². The van der Waals surface area contributed by atoms with Crippen molar-refractivity contribution < 1.29 is 13.2 Å². The van der Waals surface area contributed by atoms with E-state index in [4.69, 9.17) is 0 Å². The predicted molar refractivity (Wildman–Crippen MR) is 77.6 cm³/mol. The van der Waals surface area contributed by atoms with E-state index in [0.29, 0.717) is 12.1 Å². The molecule has 0 fully saturated rings. The monoisotopic (exact) mass is 343 g/mol. The fourth-order valence-corrected chi connectivity index (χ4v) is 2.51. The molecule has 0 bridgehead atoms. The van der Waals surface area contributed by atoms with Crippen LogP contribution in [0.25, 0.3) is 0 Å². The highest BCUT2D eigenvalue weighted by molar-refractivity contribution is 9.10. The average Bonchev–Trinajstić information content (AvgIpc) is 2.35. The Labute approximate surface area is 123 Å². The zero-order valence-electron chi connectivity index (χ0n) is 10.8. The van der Waals surface area contributed by atoms with Crippen LogP contribution < -0.4 is 5.32 Å². The molecule has 0 unspecified atom stereocenters. The molecule has 1 nitrogen and oxygen atoms in total. The highest BCUT2D eigenvalue weighted by Crippen LogP contribution is 2.29. The van der Waals surface area contributed by atoms with Crippen molar-refractivity contribution in [2.24, 2.45) is 0 Å². The van der Waals surface area contributed by atoms with Crippen LogP contribution in [-0.4, -0.2) is 0 Å². The third kappa shape index (κ3) is 4.00. The van der Waals surface area contributed by atoms with Crippen LogP contribution in [0.2, 0.25) is 0 Å². The predicted octanol–water partition coefficient (Wildman–Crippen LogP) is 5.39. The molecule has 0 aliphatic rings. The van der Waals surface area contributed by atoms with E-state index < -0.39 is 11.7 Å². The molecule has 0 saturated carbocycles. The van der Waals surface area contributed by atoms with Crippen LogP contribution in [0.5, 0.6) is 0 Å². The Hall–Kier alpha value is -1.49. The second-order valence-electron chi connectivity index (χ2n) is 4.57. The number of nitrogens with one attached hydrogen (secondary N) is 1. The number of hydrogen-bond donors (Lipinski definition) is 1. The first-order valence-corrected chi connectivity index (χ1v) is 6.81. The normalized spacial score (nSPS) is 11.4. The quantitative estimate of drug-likeness (QED) is 0.787. The van der Waals surface area contributed by atoms with Gasteiger partial charge in [0.1, 0.15) is 0 Å². The molecule has 2 aromatic rings. The molecule has 0 saturated heterocycles. The van der Waals surface area contributed by atoms with Gasteiger partial charge in [0, 0.05) is 16.7 Å². The summed E-state index contributed by atoms with van der Waals surface area (Å²) in [7, 11) is 0. The van der Waals surface area contributed by atoms with Gasteiger partial charge in [-0.25, -0.2) is 0 Å². The van der Waals surface area contributed by atoms with E-state index in [1.807, 2.05) is 25.1 Å². The summed E-state index contributed by atoms with van der Waals surface area (Å²) in [5.74, 6) is 0. The summed E-state index contributed by atoms with van der Waals surface area (Å²) in [5.41, 5.74) is 1.92. The van der Waals surface area contributed by atoms with Gasteiger partial charge in [-0.15, -0.1) is 0 Å². The minimum atomic E-state index is -4.30. The Morgan fingerprint density at radius 3 is 2.50 bits per heavy atom. The summed E-state index contributed by atoms with van der Waals surface area (Å²) in [5, 5.41) is 3.12. The molecule has 1 N–H and O–H groups in total. The average molecular weight is 344 g/mol. The van der Waals surface area contributed by atoms with Crippen LogP contribution in [-0.2, 0) is 12.7 Å². The second-order valence-corrected chi connectivity index (χ2v) is 5.48. The van der Waals surface area contributed by atoms with Gasteiger partial charge in [-0.3, -0.25) is 0 Å². The van der Waals surface area contributed by atoms with E-state index in [-0.39, 0.29) is 0 Å². The summed E-state index contributed by atoms with van der Waals surface area (Å²) >= 11 is 3.39. The van der Waals surface area contributed by atoms with Crippen molar-refractivity contribution in [3.8, 4) is 0 Å². The molecule has 2 rings (SSSR count). The lowest BCUT2D eigenvalue weighted by atomic mass is 10.1. The van der Waals surface area contributed by atoms with Gasteiger partial charge in [0.15, 0.2) is 0 Å². The number of aryl methyl sites for hydroxylation is 1. The molecule has 0 spiro atoms. The molecule has 0 atom stereocenters. The lowest BCUT2D eigenvalue weighted by molar-refractivity contribution is -0.137. The molecule has 0 aromatic heterocycles. The smallest absolute Gasteiger partial charge is 0.381 e. The minimum absolute atomic E-state index is 0.347. The van der Waals surface area contributed by atoms with Crippen LogP contribution in [0.3, 0.4) is 0 Å². The van der Waals surface area contributed by atoms with E-state index in [1.54, 1.807) is 6.07 Å². The maximum atomic E-state index is 12.6. The molecule has 0 amide bonds. The molecule has 0 aliphatic heterocycles. The van der Waals surface area contributed by atoms with E-state index in [2.05, 4.69) is 21.2 Å². The topological polar surface area (TPSA) is 12.0 Å². The summed E-state index contributed by atoms with van der Waals surface area (Å²) in [6.45, 7) is 2.31. The molecule has 5 heteroatoms. The summed E-state index contributed by atoms with van der Waals surface area (Å²) in [4.78, 5) is 0. The lowest BCUT2D eigenvalue weighted by Crippen LogP contribution is -2.06. The first kappa shape index (κ1) is 14.9. The number of rotatable bonds is 3. The molecular weight excluding hydrogens is 331 g/mol. The van der Waals surface area contributed by atoms with Crippen LogP contribution in [0.4, 0.5) is 18.9 Å². The van der Waals surface area contributed by atoms with Gasteiger partial charge in [0.2, 0.25) is 0 Å². The summed E-state index contributed by atoms with van der Waals surface area (Å²) in [6.07, 6.45) is -4.30. The van der Waals surface area contributed by atoms with Crippen molar-refractivity contribution in [2.45, 2.75) is 19.6 Å². The molecule has 0 radical (unpaired) electrons. The minimum Gasteiger partial charge on any atom is -0.381 e. The van der Waals surface area contributed by atoms with Gasteiger partial charge in [0.05, 0.1) is 5.56 Å². The van der Waals surface area contributed by atoms with Crippen molar-refractivity contribution >= 4 is 21.6 Å². The zero-order chi connectivity index (χ0) is 14.8. The molecule has 0 heterocycles. The van der Waals surface area contributed by atoms with Crippen molar-refractivity contribution in [1.29, 1.82) is 0 Å². The SMILES string of the molecule is Cc1cc(Br)cc(NCc2cccc(C(F)(F)F)c2)c1. The fourth-order valence-electron chi connectivity index (χ4n) is 1.90. The van der Waals surface area contributed by atoms with Crippen molar-refractivity contribution in [1.82, 2.24) is 0 Å². The van der Waals surface area contributed by atoms with Gasteiger partial charge < -0.3 is 5.32 Å².